The number of ketones is 1. The molecular weight excluding hydrogens is 186 g/mol. The third kappa shape index (κ3) is 1.22. The molecule has 0 saturated carbocycles. The Morgan fingerprint density at radius 1 is 1.43 bits per heavy atom. The number of aromatic nitrogens is 3. The molecule has 14 heavy (non-hydrogen) atoms. The van der Waals surface area contributed by atoms with Gasteiger partial charge in [-0.1, -0.05) is 0 Å². The topological polar surface area (TPSA) is 94.1 Å². The predicted molar refractivity (Wildman–Crippen MR) is 47.4 cm³/mol. The summed E-state index contributed by atoms with van der Waals surface area (Å²) in [4.78, 5) is 27.5. The van der Waals surface area contributed by atoms with E-state index in [4.69, 9.17) is 5.73 Å². The van der Waals surface area contributed by atoms with Gasteiger partial charge in [-0.2, -0.15) is 4.98 Å². The van der Waals surface area contributed by atoms with Gasteiger partial charge in [-0.3, -0.25) is 14.5 Å². The number of nitrogens with two attached hydrogens (primary N) is 1. The molecule has 1 aromatic heterocycles. The smallest absolute Gasteiger partial charge is 0.241 e. The van der Waals surface area contributed by atoms with Gasteiger partial charge in [-0.05, 0) is 0 Å². The Balaban J connectivity index is 2.36. The van der Waals surface area contributed by atoms with Gasteiger partial charge in [0.25, 0.3) is 0 Å². The van der Waals surface area contributed by atoms with Crippen molar-refractivity contribution in [3.05, 3.63) is 0 Å². The second-order valence-corrected chi connectivity index (χ2v) is 3.09. The van der Waals surface area contributed by atoms with Gasteiger partial charge in [0.2, 0.25) is 17.8 Å². The van der Waals surface area contributed by atoms with Gasteiger partial charge < -0.3 is 5.73 Å². The van der Waals surface area contributed by atoms with Gasteiger partial charge in [0, 0.05) is 7.05 Å². The highest BCUT2D eigenvalue weighted by Gasteiger charge is 2.31. The van der Waals surface area contributed by atoms with Crippen molar-refractivity contribution in [2.45, 2.75) is 6.42 Å². The maximum atomic E-state index is 11.3. The average molecular weight is 195 g/mol. The van der Waals surface area contributed by atoms with E-state index < -0.39 is 0 Å². The summed E-state index contributed by atoms with van der Waals surface area (Å²) in [6.07, 6.45) is -0.0627. The minimum Gasteiger partial charge on any atom is -0.366 e. The Morgan fingerprint density at radius 3 is 2.57 bits per heavy atom. The number of nitrogens with zero attached hydrogens (tertiary/aromatic N) is 4. The SMILES string of the molecule is Cn1nc(N)nc1N1CC(=O)CC1=O. The van der Waals surface area contributed by atoms with E-state index in [0.29, 0.717) is 5.95 Å². The second-order valence-electron chi connectivity index (χ2n) is 3.09. The van der Waals surface area contributed by atoms with Crippen molar-refractivity contribution in [2.75, 3.05) is 17.2 Å². The van der Waals surface area contributed by atoms with Crippen LogP contribution in [0.25, 0.3) is 0 Å². The number of aryl methyl sites for hydroxylation is 1. The van der Waals surface area contributed by atoms with E-state index in [2.05, 4.69) is 10.1 Å². The second kappa shape index (κ2) is 2.79. The Bertz CT molecular complexity index is 410. The van der Waals surface area contributed by atoms with Crippen molar-refractivity contribution >= 4 is 23.6 Å². The molecule has 2 N–H and O–H groups in total. The molecule has 1 aliphatic rings. The molecule has 0 radical (unpaired) electrons. The lowest BCUT2D eigenvalue weighted by Crippen LogP contribution is -2.27. The zero-order valence-corrected chi connectivity index (χ0v) is 7.60. The number of carbonyl (C=O) groups excluding carboxylic acids is 2. The van der Waals surface area contributed by atoms with Crippen LogP contribution in [0, 0.1) is 0 Å². The number of carbonyl (C=O) groups is 2. The molecule has 7 nitrogen and oxygen atoms in total. The molecule has 1 aromatic rings. The molecule has 2 heterocycles. The third-order valence-electron chi connectivity index (χ3n) is 1.98. The minimum atomic E-state index is -0.259. The fourth-order valence-electron chi connectivity index (χ4n) is 1.40. The number of rotatable bonds is 1. The quantitative estimate of drug-likeness (QED) is 0.562. The van der Waals surface area contributed by atoms with Crippen LogP contribution in [-0.2, 0) is 16.6 Å². The lowest BCUT2D eigenvalue weighted by molar-refractivity contribution is -0.121. The van der Waals surface area contributed by atoms with E-state index in [0.717, 1.165) is 0 Å². The summed E-state index contributed by atoms with van der Waals surface area (Å²) in [6.45, 7) is 0.0603. The normalized spacial score (nSPS) is 16.8. The number of anilines is 2. The fraction of sp³-hybridized carbons (Fsp3) is 0.429. The molecule has 0 unspecified atom stereocenters. The molecule has 0 atom stereocenters. The van der Waals surface area contributed by atoms with E-state index in [-0.39, 0.29) is 30.6 Å². The Hall–Kier alpha value is -1.92. The molecular formula is C7H9N5O2. The predicted octanol–water partition coefficient (Wildman–Crippen LogP) is -1.30. The molecule has 0 spiro atoms. The molecule has 1 saturated heterocycles. The molecule has 2 rings (SSSR count). The lowest BCUT2D eigenvalue weighted by atomic mass is 10.3. The van der Waals surface area contributed by atoms with E-state index in [1.54, 1.807) is 7.05 Å². The number of hydrogen-bond donors (Lipinski definition) is 1. The molecule has 7 heteroatoms. The van der Waals surface area contributed by atoms with Gasteiger partial charge >= 0.3 is 0 Å². The van der Waals surface area contributed by atoms with Crippen LogP contribution in [0.15, 0.2) is 0 Å². The standard InChI is InChI=1S/C7H9N5O2/c1-11-7(9-6(8)10-11)12-3-4(13)2-5(12)14/h2-3H2,1H3,(H2,8,10). The molecule has 0 bridgehead atoms. The van der Waals surface area contributed by atoms with Crippen LogP contribution in [0.1, 0.15) is 6.42 Å². The Morgan fingerprint density at radius 2 is 2.14 bits per heavy atom. The molecule has 74 valence electrons. The third-order valence-corrected chi connectivity index (χ3v) is 1.98. The largest absolute Gasteiger partial charge is 0.366 e. The zero-order chi connectivity index (χ0) is 10.3. The van der Waals surface area contributed by atoms with Crippen LogP contribution in [0.3, 0.4) is 0 Å². The van der Waals surface area contributed by atoms with Crippen molar-refractivity contribution < 1.29 is 9.59 Å². The van der Waals surface area contributed by atoms with E-state index in [9.17, 15) is 9.59 Å². The van der Waals surface area contributed by atoms with Crippen molar-refractivity contribution in [3.63, 3.8) is 0 Å². The van der Waals surface area contributed by atoms with Gasteiger partial charge in [0.1, 0.15) is 0 Å². The van der Waals surface area contributed by atoms with Crippen LogP contribution in [0.2, 0.25) is 0 Å². The Labute approximate surface area is 79.5 Å². The molecule has 1 amide bonds. The van der Waals surface area contributed by atoms with Crippen LogP contribution in [0.4, 0.5) is 11.9 Å². The van der Waals surface area contributed by atoms with Gasteiger partial charge in [0.05, 0.1) is 13.0 Å². The fourth-order valence-corrected chi connectivity index (χ4v) is 1.40. The summed E-state index contributed by atoms with van der Waals surface area (Å²) in [7, 11) is 1.62. The van der Waals surface area contributed by atoms with Gasteiger partial charge in [0.15, 0.2) is 5.78 Å². The van der Waals surface area contributed by atoms with Crippen LogP contribution < -0.4 is 10.6 Å². The van der Waals surface area contributed by atoms with Gasteiger partial charge in [-0.15, -0.1) is 5.10 Å². The van der Waals surface area contributed by atoms with Crippen LogP contribution >= 0.6 is 0 Å². The van der Waals surface area contributed by atoms with E-state index in [1.165, 1.54) is 9.58 Å². The summed E-state index contributed by atoms with van der Waals surface area (Å²) < 4.78 is 1.38. The number of hydrogen-bond acceptors (Lipinski definition) is 5. The highest BCUT2D eigenvalue weighted by Crippen LogP contribution is 2.17. The zero-order valence-electron chi connectivity index (χ0n) is 7.60. The first-order valence-electron chi connectivity index (χ1n) is 4.06. The Kier molecular flexibility index (Phi) is 1.73. The maximum absolute atomic E-state index is 11.3. The van der Waals surface area contributed by atoms with E-state index in [1.807, 2.05) is 0 Å². The maximum Gasteiger partial charge on any atom is 0.241 e. The minimum absolute atomic E-state index is 0.0603. The summed E-state index contributed by atoms with van der Waals surface area (Å²) >= 11 is 0. The summed E-state index contributed by atoms with van der Waals surface area (Å²) in [5, 5.41) is 3.79. The molecule has 0 aliphatic carbocycles. The monoisotopic (exact) mass is 195 g/mol. The highest BCUT2D eigenvalue weighted by molar-refractivity contribution is 6.14. The first-order valence-corrected chi connectivity index (χ1v) is 4.06. The lowest BCUT2D eigenvalue weighted by Gasteiger charge is -2.11. The van der Waals surface area contributed by atoms with Crippen LogP contribution in [0.5, 0.6) is 0 Å². The first kappa shape index (κ1) is 8.67. The number of nitrogen functional groups attached to an aromatic ring is 1. The summed E-state index contributed by atoms with van der Waals surface area (Å²) in [5.74, 6) is 0.0371. The molecule has 0 aromatic carbocycles. The number of amides is 1. The van der Waals surface area contributed by atoms with Crippen molar-refractivity contribution in [1.82, 2.24) is 14.8 Å². The summed E-state index contributed by atoms with van der Waals surface area (Å²) in [5.41, 5.74) is 5.36. The molecule has 1 aliphatic heterocycles. The van der Waals surface area contributed by atoms with Crippen molar-refractivity contribution in [1.29, 1.82) is 0 Å². The van der Waals surface area contributed by atoms with Crippen molar-refractivity contribution in [3.8, 4) is 0 Å². The first-order chi connectivity index (χ1) is 6.58. The highest BCUT2D eigenvalue weighted by atomic mass is 16.2. The van der Waals surface area contributed by atoms with Crippen molar-refractivity contribution in [2.24, 2.45) is 7.05 Å². The summed E-state index contributed by atoms with van der Waals surface area (Å²) in [6, 6.07) is 0. The van der Waals surface area contributed by atoms with Crippen LogP contribution in [-0.4, -0.2) is 33.0 Å². The average Bonchev–Trinajstić information content (AvgIpc) is 2.55. The number of Topliss-reactive ketones (excluding diaryl/α,β-unsaturated/α-hetero) is 1. The molecule has 1 fully saturated rings. The van der Waals surface area contributed by atoms with Gasteiger partial charge in [-0.25, -0.2) is 4.68 Å². The van der Waals surface area contributed by atoms with E-state index >= 15 is 0 Å².